The van der Waals surface area contributed by atoms with Crippen LogP contribution in [0.3, 0.4) is 0 Å². The van der Waals surface area contributed by atoms with Crippen LogP contribution in [0.5, 0.6) is 0 Å². The predicted octanol–water partition coefficient (Wildman–Crippen LogP) is 1.14. The number of carbonyl (C=O) groups excluding carboxylic acids is 1. The molecule has 1 unspecified atom stereocenters. The molecular formula is C15H27N3O. The van der Waals surface area contributed by atoms with E-state index in [1.165, 1.54) is 37.9 Å². The zero-order chi connectivity index (χ0) is 13.7. The maximum Gasteiger partial charge on any atom is 0.246 e. The first-order chi connectivity index (χ1) is 9.16. The molecule has 2 fully saturated rings. The van der Waals surface area contributed by atoms with Gasteiger partial charge in [-0.05, 0) is 44.3 Å². The van der Waals surface area contributed by atoms with Crippen LogP contribution < -0.4 is 10.6 Å². The predicted molar refractivity (Wildman–Crippen MR) is 78.0 cm³/mol. The average molecular weight is 265 g/mol. The number of nitrogens with one attached hydrogen (secondary N) is 2. The molecule has 4 heteroatoms. The highest BCUT2D eigenvalue weighted by atomic mass is 16.1. The fourth-order valence-electron chi connectivity index (χ4n) is 2.72. The first kappa shape index (κ1) is 14.5. The molecule has 2 aliphatic rings. The molecule has 2 rings (SSSR count). The fraction of sp³-hybridized carbons (Fsp3) is 0.800. The molecule has 1 atom stereocenters. The Balaban J connectivity index is 1.67. The zero-order valence-electron chi connectivity index (χ0n) is 12.3. The molecule has 19 heavy (non-hydrogen) atoms. The number of hydrogen-bond acceptors (Lipinski definition) is 3. The Hall–Kier alpha value is -0.870. The maximum atomic E-state index is 12.0. The van der Waals surface area contributed by atoms with E-state index in [1.807, 2.05) is 6.92 Å². The van der Waals surface area contributed by atoms with Crippen molar-refractivity contribution in [2.75, 3.05) is 39.3 Å². The largest absolute Gasteiger partial charge is 0.352 e. The second-order valence-corrected chi connectivity index (χ2v) is 6.01. The molecule has 2 saturated heterocycles. The van der Waals surface area contributed by atoms with Crippen molar-refractivity contribution >= 4 is 5.91 Å². The SMILES string of the molecule is CC(C(=O)NCC(C)CN1CCCCC1)=C1CNC1. The van der Waals surface area contributed by atoms with Crippen LogP contribution in [0.4, 0.5) is 0 Å². The van der Waals surface area contributed by atoms with Crippen molar-refractivity contribution in [2.45, 2.75) is 33.1 Å². The summed E-state index contributed by atoms with van der Waals surface area (Å²) in [4.78, 5) is 14.5. The second-order valence-electron chi connectivity index (χ2n) is 6.01. The Morgan fingerprint density at radius 2 is 2.00 bits per heavy atom. The lowest BCUT2D eigenvalue weighted by molar-refractivity contribution is -0.117. The normalized spacial score (nSPS) is 21.7. The third kappa shape index (κ3) is 4.32. The highest BCUT2D eigenvalue weighted by molar-refractivity contribution is 5.93. The van der Waals surface area contributed by atoms with Gasteiger partial charge in [-0.1, -0.05) is 13.3 Å². The average Bonchev–Trinajstić information content (AvgIpc) is 2.35. The van der Waals surface area contributed by atoms with E-state index in [2.05, 4.69) is 22.5 Å². The summed E-state index contributed by atoms with van der Waals surface area (Å²) in [6.45, 7) is 10.3. The van der Waals surface area contributed by atoms with Crippen molar-refractivity contribution in [2.24, 2.45) is 5.92 Å². The standard InChI is InChI=1S/C15H27N3O/c1-12(11-18-6-4-3-5-7-18)8-17-15(19)13(2)14-9-16-10-14/h12,16H,3-11H2,1-2H3,(H,17,19). The van der Waals surface area contributed by atoms with Crippen LogP contribution in [-0.2, 0) is 4.79 Å². The molecule has 2 heterocycles. The van der Waals surface area contributed by atoms with Gasteiger partial charge in [0.15, 0.2) is 0 Å². The van der Waals surface area contributed by atoms with Crippen LogP contribution in [0.25, 0.3) is 0 Å². The lowest BCUT2D eigenvalue weighted by Gasteiger charge is -2.29. The van der Waals surface area contributed by atoms with Gasteiger partial charge in [0, 0.05) is 31.8 Å². The minimum absolute atomic E-state index is 0.113. The summed E-state index contributed by atoms with van der Waals surface area (Å²) in [5, 5.41) is 6.24. The topological polar surface area (TPSA) is 44.4 Å². The molecule has 2 aliphatic heterocycles. The molecular weight excluding hydrogens is 238 g/mol. The molecule has 4 nitrogen and oxygen atoms in total. The Labute approximate surface area is 116 Å². The van der Waals surface area contributed by atoms with E-state index in [0.717, 1.165) is 31.8 Å². The molecule has 0 radical (unpaired) electrons. The van der Waals surface area contributed by atoms with E-state index in [0.29, 0.717) is 5.92 Å². The first-order valence-corrected chi connectivity index (χ1v) is 7.56. The first-order valence-electron chi connectivity index (χ1n) is 7.56. The number of hydrogen-bond donors (Lipinski definition) is 2. The smallest absolute Gasteiger partial charge is 0.246 e. The van der Waals surface area contributed by atoms with Crippen molar-refractivity contribution in [1.82, 2.24) is 15.5 Å². The number of likely N-dealkylation sites (tertiary alicyclic amines) is 1. The van der Waals surface area contributed by atoms with Gasteiger partial charge in [0.25, 0.3) is 0 Å². The molecule has 0 aromatic carbocycles. The van der Waals surface area contributed by atoms with Crippen molar-refractivity contribution in [1.29, 1.82) is 0 Å². The van der Waals surface area contributed by atoms with E-state index >= 15 is 0 Å². The lowest BCUT2D eigenvalue weighted by Crippen LogP contribution is -2.40. The van der Waals surface area contributed by atoms with Crippen molar-refractivity contribution < 1.29 is 4.79 Å². The molecule has 0 saturated carbocycles. The van der Waals surface area contributed by atoms with Gasteiger partial charge in [0.2, 0.25) is 5.91 Å². The highest BCUT2D eigenvalue weighted by Crippen LogP contribution is 2.11. The molecule has 0 bridgehead atoms. The highest BCUT2D eigenvalue weighted by Gasteiger charge is 2.17. The molecule has 1 amide bonds. The summed E-state index contributed by atoms with van der Waals surface area (Å²) in [6.07, 6.45) is 4.04. The fourth-order valence-corrected chi connectivity index (χ4v) is 2.72. The van der Waals surface area contributed by atoms with Gasteiger partial charge in [0.1, 0.15) is 0 Å². The quantitative estimate of drug-likeness (QED) is 0.733. The van der Waals surface area contributed by atoms with Crippen LogP contribution in [-0.4, -0.2) is 50.1 Å². The van der Waals surface area contributed by atoms with Crippen LogP contribution in [0.2, 0.25) is 0 Å². The number of carbonyl (C=O) groups is 1. The number of nitrogens with zero attached hydrogens (tertiary/aromatic N) is 1. The zero-order valence-corrected chi connectivity index (χ0v) is 12.3. The van der Waals surface area contributed by atoms with Crippen LogP contribution in [0.15, 0.2) is 11.1 Å². The Kier molecular flexibility index (Phi) is 5.40. The monoisotopic (exact) mass is 265 g/mol. The summed E-state index contributed by atoms with van der Waals surface area (Å²) >= 11 is 0. The van der Waals surface area contributed by atoms with Crippen LogP contribution in [0.1, 0.15) is 33.1 Å². The summed E-state index contributed by atoms with van der Waals surface area (Å²) < 4.78 is 0. The molecule has 0 spiro atoms. The summed E-state index contributed by atoms with van der Waals surface area (Å²) in [5.74, 6) is 0.640. The van der Waals surface area contributed by atoms with Crippen molar-refractivity contribution in [3.8, 4) is 0 Å². The van der Waals surface area contributed by atoms with Gasteiger partial charge < -0.3 is 15.5 Å². The van der Waals surface area contributed by atoms with Gasteiger partial charge in [-0.2, -0.15) is 0 Å². The van der Waals surface area contributed by atoms with E-state index in [9.17, 15) is 4.79 Å². The van der Waals surface area contributed by atoms with E-state index in [4.69, 9.17) is 0 Å². The third-order valence-electron chi connectivity index (χ3n) is 4.18. The van der Waals surface area contributed by atoms with E-state index in [-0.39, 0.29) is 5.91 Å². The van der Waals surface area contributed by atoms with Crippen molar-refractivity contribution in [3.05, 3.63) is 11.1 Å². The molecule has 0 aliphatic carbocycles. The third-order valence-corrected chi connectivity index (χ3v) is 4.18. The number of piperidine rings is 1. The van der Waals surface area contributed by atoms with E-state index < -0.39 is 0 Å². The van der Waals surface area contributed by atoms with Crippen LogP contribution in [0, 0.1) is 5.92 Å². The van der Waals surface area contributed by atoms with E-state index in [1.54, 1.807) is 0 Å². The van der Waals surface area contributed by atoms with Gasteiger partial charge in [-0.15, -0.1) is 0 Å². The minimum Gasteiger partial charge on any atom is -0.352 e. The molecule has 2 N–H and O–H groups in total. The Morgan fingerprint density at radius 1 is 1.32 bits per heavy atom. The number of rotatable bonds is 5. The minimum atomic E-state index is 0.113. The van der Waals surface area contributed by atoms with Crippen molar-refractivity contribution in [3.63, 3.8) is 0 Å². The van der Waals surface area contributed by atoms with Gasteiger partial charge >= 0.3 is 0 Å². The summed E-state index contributed by atoms with van der Waals surface area (Å²) in [5.41, 5.74) is 2.16. The summed E-state index contributed by atoms with van der Waals surface area (Å²) in [7, 11) is 0. The molecule has 0 aromatic rings. The molecule has 0 aromatic heterocycles. The van der Waals surface area contributed by atoms with Crippen LogP contribution >= 0.6 is 0 Å². The Morgan fingerprint density at radius 3 is 2.58 bits per heavy atom. The van der Waals surface area contributed by atoms with Gasteiger partial charge in [-0.3, -0.25) is 4.79 Å². The maximum absolute atomic E-state index is 12.0. The summed E-state index contributed by atoms with van der Waals surface area (Å²) in [6, 6.07) is 0. The van der Waals surface area contributed by atoms with Gasteiger partial charge in [-0.25, -0.2) is 0 Å². The second kappa shape index (κ2) is 7.06. The Bertz CT molecular complexity index is 339. The van der Waals surface area contributed by atoms with Gasteiger partial charge in [0.05, 0.1) is 0 Å². The lowest BCUT2D eigenvalue weighted by atomic mass is 10.0. The number of amides is 1. The molecule has 108 valence electrons.